The average molecular weight is 495 g/mol. The van der Waals surface area contributed by atoms with Gasteiger partial charge in [-0.3, -0.25) is 4.79 Å². The van der Waals surface area contributed by atoms with Crippen molar-refractivity contribution in [3.05, 3.63) is 71.3 Å². The van der Waals surface area contributed by atoms with E-state index in [0.29, 0.717) is 36.2 Å². The van der Waals surface area contributed by atoms with Gasteiger partial charge in [-0.1, -0.05) is 53.8 Å². The second-order valence-electron chi connectivity index (χ2n) is 8.56. The molecule has 0 bridgehead atoms. The molecule has 1 saturated heterocycles. The molecule has 0 spiro atoms. The van der Waals surface area contributed by atoms with E-state index in [4.69, 9.17) is 9.47 Å². The SMILES string of the molecule is COC(=O)c1ccc(COCCC2CCN(c3nnc(NC(=O)Cc4ccccc4)s3)CC2)cc1. The number of carbonyl (C=O) groups is 2. The van der Waals surface area contributed by atoms with Gasteiger partial charge in [0.1, 0.15) is 0 Å². The van der Waals surface area contributed by atoms with E-state index in [-0.39, 0.29) is 11.9 Å². The maximum absolute atomic E-state index is 12.3. The molecule has 1 N–H and O–H groups in total. The summed E-state index contributed by atoms with van der Waals surface area (Å²) < 4.78 is 10.6. The monoisotopic (exact) mass is 494 g/mol. The smallest absolute Gasteiger partial charge is 0.337 e. The third kappa shape index (κ3) is 7.34. The molecule has 2 heterocycles. The Morgan fingerprint density at radius 2 is 1.77 bits per heavy atom. The van der Waals surface area contributed by atoms with Gasteiger partial charge in [-0.25, -0.2) is 4.79 Å². The normalized spacial score (nSPS) is 14.0. The zero-order chi connectivity index (χ0) is 24.5. The van der Waals surface area contributed by atoms with Crippen LogP contribution in [0.3, 0.4) is 0 Å². The van der Waals surface area contributed by atoms with Crippen LogP contribution in [0.1, 0.15) is 40.7 Å². The summed E-state index contributed by atoms with van der Waals surface area (Å²) in [5.74, 6) is 0.198. The first-order valence-electron chi connectivity index (χ1n) is 11.8. The maximum atomic E-state index is 12.3. The van der Waals surface area contributed by atoms with Crippen LogP contribution >= 0.6 is 11.3 Å². The van der Waals surface area contributed by atoms with Gasteiger partial charge in [0.15, 0.2) is 0 Å². The lowest BCUT2D eigenvalue weighted by Gasteiger charge is -2.31. The highest BCUT2D eigenvalue weighted by Crippen LogP contribution is 2.29. The third-order valence-electron chi connectivity index (χ3n) is 6.07. The van der Waals surface area contributed by atoms with Crippen molar-refractivity contribution < 1.29 is 19.1 Å². The summed E-state index contributed by atoms with van der Waals surface area (Å²) in [6, 6.07) is 17.0. The number of hydrogen-bond donors (Lipinski definition) is 1. The molecule has 9 heteroatoms. The Labute approximate surface area is 209 Å². The molecule has 3 aromatic rings. The van der Waals surface area contributed by atoms with Crippen molar-refractivity contribution >= 4 is 33.5 Å². The fourth-order valence-corrected chi connectivity index (χ4v) is 4.86. The van der Waals surface area contributed by atoms with E-state index in [1.54, 1.807) is 12.1 Å². The highest BCUT2D eigenvalue weighted by Gasteiger charge is 2.22. The second kappa shape index (κ2) is 12.4. The minimum absolute atomic E-state index is 0.0861. The first-order chi connectivity index (χ1) is 17.1. The zero-order valence-corrected chi connectivity index (χ0v) is 20.6. The highest BCUT2D eigenvalue weighted by molar-refractivity contribution is 7.19. The average Bonchev–Trinajstić information content (AvgIpc) is 3.35. The summed E-state index contributed by atoms with van der Waals surface area (Å²) >= 11 is 1.42. The molecule has 0 atom stereocenters. The van der Waals surface area contributed by atoms with Crippen molar-refractivity contribution in [1.29, 1.82) is 0 Å². The number of esters is 1. The van der Waals surface area contributed by atoms with Crippen LogP contribution in [0.15, 0.2) is 54.6 Å². The van der Waals surface area contributed by atoms with Crippen LogP contribution in [0.5, 0.6) is 0 Å². The molecular weight excluding hydrogens is 464 g/mol. The number of nitrogens with one attached hydrogen (secondary N) is 1. The van der Waals surface area contributed by atoms with Crippen molar-refractivity contribution in [2.24, 2.45) is 5.92 Å². The van der Waals surface area contributed by atoms with Crippen molar-refractivity contribution in [2.75, 3.05) is 37.0 Å². The van der Waals surface area contributed by atoms with E-state index in [9.17, 15) is 9.59 Å². The third-order valence-corrected chi connectivity index (χ3v) is 6.97. The van der Waals surface area contributed by atoms with Gasteiger partial charge in [0.05, 0.1) is 25.7 Å². The summed E-state index contributed by atoms with van der Waals surface area (Å²) in [5.41, 5.74) is 2.55. The summed E-state index contributed by atoms with van der Waals surface area (Å²) in [6.45, 7) is 3.09. The second-order valence-corrected chi connectivity index (χ2v) is 9.52. The molecule has 0 aliphatic carbocycles. The van der Waals surface area contributed by atoms with Gasteiger partial charge in [-0.2, -0.15) is 0 Å². The number of aromatic nitrogens is 2. The number of nitrogens with zero attached hydrogens (tertiary/aromatic N) is 3. The Bertz CT molecular complexity index is 1100. The van der Waals surface area contributed by atoms with Gasteiger partial charge >= 0.3 is 5.97 Å². The Balaban J connectivity index is 1.14. The lowest BCUT2D eigenvalue weighted by atomic mass is 9.94. The fraction of sp³-hybridized carbons (Fsp3) is 0.385. The minimum Gasteiger partial charge on any atom is -0.465 e. The Kier molecular flexibility index (Phi) is 8.80. The van der Waals surface area contributed by atoms with Gasteiger partial charge in [0.2, 0.25) is 16.2 Å². The zero-order valence-electron chi connectivity index (χ0n) is 19.8. The van der Waals surface area contributed by atoms with Crippen LogP contribution in [0.4, 0.5) is 10.3 Å². The number of piperidine rings is 1. The molecule has 8 nitrogen and oxygen atoms in total. The molecule has 4 rings (SSSR count). The highest BCUT2D eigenvalue weighted by atomic mass is 32.1. The molecule has 184 valence electrons. The van der Waals surface area contributed by atoms with Crippen LogP contribution < -0.4 is 10.2 Å². The van der Waals surface area contributed by atoms with Crippen molar-refractivity contribution in [3.8, 4) is 0 Å². The molecule has 0 unspecified atom stereocenters. The Morgan fingerprint density at radius 3 is 2.49 bits per heavy atom. The molecule has 1 amide bonds. The van der Waals surface area contributed by atoms with E-state index >= 15 is 0 Å². The van der Waals surface area contributed by atoms with Crippen LogP contribution in [-0.2, 0) is 27.3 Å². The van der Waals surface area contributed by atoms with Crippen LogP contribution in [0.2, 0.25) is 0 Å². The Morgan fingerprint density at radius 1 is 1.03 bits per heavy atom. The number of benzene rings is 2. The van der Waals surface area contributed by atoms with Crippen molar-refractivity contribution in [1.82, 2.24) is 10.2 Å². The molecule has 0 radical (unpaired) electrons. The molecule has 0 saturated carbocycles. The lowest BCUT2D eigenvalue weighted by molar-refractivity contribution is -0.115. The number of amides is 1. The summed E-state index contributed by atoms with van der Waals surface area (Å²) in [5, 5.41) is 12.7. The van der Waals surface area contributed by atoms with E-state index in [2.05, 4.69) is 20.4 Å². The molecular formula is C26H30N4O4S. The van der Waals surface area contributed by atoms with E-state index in [1.807, 2.05) is 42.5 Å². The molecule has 1 fully saturated rings. The van der Waals surface area contributed by atoms with Crippen LogP contribution in [0.25, 0.3) is 0 Å². The van der Waals surface area contributed by atoms with E-state index in [0.717, 1.165) is 48.6 Å². The molecule has 2 aromatic carbocycles. The van der Waals surface area contributed by atoms with Crippen molar-refractivity contribution in [2.45, 2.75) is 32.3 Å². The van der Waals surface area contributed by atoms with Crippen molar-refractivity contribution in [3.63, 3.8) is 0 Å². The fourth-order valence-electron chi connectivity index (χ4n) is 4.05. The first-order valence-corrected chi connectivity index (χ1v) is 12.6. The number of hydrogen-bond acceptors (Lipinski definition) is 8. The first kappa shape index (κ1) is 24.8. The van der Waals surface area contributed by atoms with E-state index < -0.39 is 0 Å². The molecule has 35 heavy (non-hydrogen) atoms. The van der Waals surface area contributed by atoms with Gasteiger partial charge in [-0.05, 0) is 48.4 Å². The predicted octanol–water partition coefficient (Wildman–Crippen LogP) is 4.33. The van der Waals surface area contributed by atoms with E-state index in [1.165, 1.54) is 18.4 Å². The standard InChI is InChI=1S/C26H30N4O4S/c1-33-24(32)22-9-7-21(8-10-22)18-34-16-13-19-11-14-30(15-12-19)26-29-28-25(35-26)27-23(31)17-20-5-3-2-4-6-20/h2-10,19H,11-18H2,1H3,(H,27,28,31). The topological polar surface area (TPSA) is 93.7 Å². The minimum atomic E-state index is -0.332. The predicted molar refractivity (Wildman–Crippen MR) is 136 cm³/mol. The van der Waals surface area contributed by atoms with Gasteiger partial charge in [0.25, 0.3) is 0 Å². The number of rotatable bonds is 10. The molecule has 1 aliphatic rings. The summed E-state index contributed by atoms with van der Waals surface area (Å²) in [4.78, 5) is 26.0. The quantitative estimate of drug-likeness (QED) is 0.331. The number of methoxy groups -OCH3 is 1. The van der Waals surface area contributed by atoms with Gasteiger partial charge in [-0.15, -0.1) is 10.2 Å². The lowest BCUT2D eigenvalue weighted by Crippen LogP contribution is -2.33. The summed E-state index contributed by atoms with van der Waals surface area (Å²) in [6.07, 6.45) is 3.49. The van der Waals surface area contributed by atoms with Gasteiger partial charge in [0, 0.05) is 19.7 Å². The molecule has 1 aromatic heterocycles. The number of carbonyl (C=O) groups excluding carboxylic acids is 2. The van der Waals surface area contributed by atoms with Crippen LogP contribution in [-0.4, -0.2) is 48.9 Å². The maximum Gasteiger partial charge on any atom is 0.337 e. The van der Waals surface area contributed by atoms with Gasteiger partial charge < -0.3 is 19.7 Å². The number of ether oxygens (including phenoxy) is 2. The van der Waals surface area contributed by atoms with Crippen LogP contribution in [0, 0.1) is 5.92 Å². The Hall–Kier alpha value is -3.30. The molecule has 1 aliphatic heterocycles. The largest absolute Gasteiger partial charge is 0.465 e. The number of anilines is 2. The summed E-state index contributed by atoms with van der Waals surface area (Å²) in [7, 11) is 1.38.